The second-order valence-electron chi connectivity index (χ2n) is 2.71. The molecule has 1 rings (SSSR count). The van der Waals surface area contributed by atoms with Crippen LogP contribution in [-0.2, 0) is 10.1 Å². The van der Waals surface area contributed by atoms with Crippen molar-refractivity contribution in [3.05, 3.63) is 29.8 Å². The molecule has 0 aliphatic heterocycles. The summed E-state index contributed by atoms with van der Waals surface area (Å²) < 4.78 is 57.5. The van der Waals surface area contributed by atoms with Crippen LogP contribution in [0.25, 0.3) is 0 Å². The molecule has 0 saturated carbocycles. The number of hydrogen-bond donors (Lipinski definition) is 2. The van der Waals surface area contributed by atoms with Crippen molar-refractivity contribution in [1.29, 1.82) is 0 Å². The van der Waals surface area contributed by atoms with Gasteiger partial charge in [-0.1, -0.05) is 18.2 Å². The van der Waals surface area contributed by atoms with Gasteiger partial charge in [0, 0.05) is 0 Å². The molecule has 0 aromatic heterocycles. The number of hydrogen-bond acceptors (Lipinski definition) is 3. The molecule has 0 saturated heterocycles. The molecule has 0 fully saturated rings. The van der Waals surface area contributed by atoms with E-state index >= 15 is 0 Å². The summed E-state index contributed by atoms with van der Waals surface area (Å²) in [4.78, 5) is 0. The van der Waals surface area contributed by atoms with E-state index in [1.54, 1.807) is 6.07 Å². The van der Waals surface area contributed by atoms with Gasteiger partial charge < -0.3 is 5.11 Å². The number of benzene rings is 1. The third-order valence-corrected chi connectivity index (χ3v) is 1.99. The van der Waals surface area contributed by atoms with Crippen molar-refractivity contribution >= 4 is 10.1 Å². The summed E-state index contributed by atoms with van der Waals surface area (Å²) in [5.41, 5.74) is -4.61. The molecule has 0 atom stereocenters. The predicted molar refractivity (Wildman–Crippen MR) is 50.4 cm³/mol. The Labute approximate surface area is 90.1 Å². The van der Waals surface area contributed by atoms with Gasteiger partial charge in [0.2, 0.25) is 0 Å². The minimum absolute atomic E-state index is 0.368. The Morgan fingerprint density at radius 3 is 1.75 bits per heavy atom. The van der Waals surface area contributed by atoms with Gasteiger partial charge in [-0.25, -0.2) is 0 Å². The summed E-state index contributed by atoms with van der Waals surface area (Å²) in [5, 5.41) is 8.92. The molecule has 0 unspecified atom stereocenters. The molecule has 92 valence electrons. The van der Waals surface area contributed by atoms with Crippen molar-refractivity contribution in [2.24, 2.45) is 0 Å². The van der Waals surface area contributed by atoms with Crippen LogP contribution < -0.4 is 0 Å². The summed E-state index contributed by atoms with van der Waals surface area (Å²) in [6, 6.07) is 7.25. The van der Waals surface area contributed by atoms with Crippen molar-refractivity contribution in [2.45, 2.75) is 12.4 Å². The van der Waals surface area contributed by atoms with E-state index in [0.29, 0.717) is 5.75 Å². The Hall–Kier alpha value is -1.28. The molecule has 0 radical (unpaired) electrons. The average Bonchev–Trinajstić information content (AvgIpc) is 2.08. The molecule has 0 heterocycles. The third kappa shape index (κ3) is 4.99. The predicted octanol–water partition coefficient (Wildman–Crippen LogP) is 2.09. The summed E-state index contributed by atoms with van der Waals surface area (Å²) in [7, 11) is -5.84. The topological polar surface area (TPSA) is 74.6 Å². The number of phenols is 1. The number of halogens is 3. The van der Waals surface area contributed by atoms with Crippen LogP contribution in [-0.4, -0.2) is 23.6 Å². The molecular formula is C8H9F3O4S. The zero-order valence-corrected chi connectivity index (χ0v) is 8.88. The minimum atomic E-state index is -5.84. The normalized spacial score (nSPS) is 11.6. The smallest absolute Gasteiger partial charge is 0.508 e. The molecule has 0 aliphatic carbocycles. The van der Waals surface area contributed by atoms with Gasteiger partial charge in [0.05, 0.1) is 0 Å². The summed E-state index contributed by atoms with van der Waals surface area (Å²) in [6.07, 6.45) is 0. The van der Waals surface area contributed by atoms with E-state index < -0.39 is 15.6 Å². The number of phenolic OH excluding ortho intramolecular Hbond substituents is 1. The fourth-order valence-corrected chi connectivity index (χ4v) is 0.563. The lowest BCUT2D eigenvalue weighted by Crippen LogP contribution is -2.21. The van der Waals surface area contributed by atoms with Crippen LogP contribution in [0.3, 0.4) is 0 Å². The lowest BCUT2D eigenvalue weighted by Gasteiger charge is -1.97. The zero-order valence-electron chi connectivity index (χ0n) is 8.06. The molecule has 1 aromatic rings. The van der Waals surface area contributed by atoms with E-state index in [0.717, 1.165) is 5.56 Å². The Morgan fingerprint density at radius 2 is 1.56 bits per heavy atom. The van der Waals surface area contributed by atoms with Crippen molar-refractivity contribution < 1.29 is 31.2 Å². The maximum atomic E-state index is 10.7. The van der Waals surface area contributed by atoms with Gasteiger partial charge in [-0.15, -0.1) is 0 Å². The Bertz CT molecular complexity index is 418. The molecule has 0 spiro atoms. The molecule has 0 bridgehead atoms. The van der Waals surface area contributed by atoms with Crippen LogP contribution >= 0.6 is 0 Å². The van der Waals surface area contributed by atoms with Crippen molar-refractivity contribution in [2.75, 3.05) is 0 Å². The Morgan fingerprint density at radius 1 is 1.19 bits per heavy atom. The Kier molecular flexibility index (Phi) is 4.76. The van der Waals surface area contributed by atoms with Gasteiger partial charge >= 0.3 is 15.6 Å². The molecule has 0 amide bonds. The quantitative estimate of drug-likeness (QED) is 0.552. The molecule has 1 aromatic carbocycles. The summed E-state index contributed by atoms with van der Waals surface area (Å²) in [6.45, 7) is 1.87. The van der Waals surface area contributed by atoms with E-state index in [9.17, 15) is 13.2 Å². The van der Waals surface area contributed by atoms with Gasteiger partial charge in [0.25, 0.3) is 0 Å². The lowest BCUT2D eigenvalue weighted by molar-refractivity contribution is -0.0510. The average molecular weight is 258 g/mol. The Balaban J connectivity index is 0.000000281. The van der Waals surface area contributed by atoms with Gasteiger partial charge in [-0.2, -0.15) is 21.6 Å². The highest BCUT2D eigenvalue weighted by Crippen LogP contribution is 2.20. The fraction of sp³-hybridized carbons (Fsp3) is 0.250. The number of para-hydroxylation sites is 1. The van der Waals surface area contributed by atoms with Gasteiger partial charge in [-0.3, -0.25) is 4.55 Å². The van der Waals surface area contributed by atoms with Crippen LogP contribution in [0.2, 0.25) is 0 Å². The van der Waals surface area contributed by atoms with Crippen LogP contribution in [0.1, 0.15) is 5.56 Å². The third-order valence-electron chi connectivity index (χ3n) is 1.41. The summed E-state index contributed by atoms with van der Waals surface area (Å²) >= 11 is 0. The van der Waals surface area contributed by atoms with E-state index in [-0.39, 0.29) is 0 Å². The largest absolute Gasteiger partial charge is 0.522 e. The monoisotopic (exact) mass is 258 g/mol. The standard InChI is InChI=1S/C7H8O.CHF3O3S/c1-6-4-2-3-5-7(6)8;2-1(3,4)8(5,6)7/h2-5,8H,1H3;(H,5,6,7). The lowest BCUT2D eigenvalue weighted by atomic mass is 10.2. The SMILES string of the molecule is Cc1ccccc1O.O=S(=O)(O)C(F)(F)F. The highest BCUT2D eigenvalue weighted by atomic mass is 32.2. The number of alkyl halides is 3. The first-order valence-electron chi connectivity index (χ1n) is 3.84. The maximum absolute atomic E-state index is 10.7. The molecule has 8 heteroatoms. The van der Waals surface area contributed by atoms with Crippen LogP contribution in [0.4, 0.5) is 13.2 Å². The number of aromatic hydroxyl groups is 1. The van der Waals surface area contributed by atoms with Crippen molar-refractivity contribution in [3.63, 3.8) is 0 Å². The van der Waals surface area contributed by atoms with Gasteiger partial charge in [0.15, 0.2) is 0 Å². The van der Waals surface area contributed by atoms with Gasteiger partial charge in [-0.05, 0) is 18.6 Å². The minimum Gasteiger partial charge on any atom is -0.508 e. The molecular weight excluding hydrogens is 249 g/mol. The molecule has 16 heavy (non-hydrogen) atoms. The molecule has 0 aliphatic rings. The maximum Gasteiger partial charge on any atom is 0.522 e. The molecule has 2 N–H and O–H groups in total. The zero-order chi connectivity index (χ0) is 13.0. The first-order chi connectivity index (χ1) is 7.05. The van der Waals surface area contributed by atoms with Crippen LogP contribution in [0.5, 0.6) is 5.75 Å². The van der Waals surface area contributed by atoms with E-state index in [1.807, 2.05) is 25.1 Å². The van der Waals surface area contributed by atoms with Gasteiger partial charge in [0.1, 0.15) is 5.75 Å². The van der Waals surface area contributed by atoms with Crippen LogP contribution in [0, 0.1) is 6.92 Å². The summed E-state index contributed by atoms with van der Waals surface area (Å²) in [5.74, 6) is 0.368. The fourth-order valence-electron chi connectivity index (χ4n) is 0.563. The highest BCUT2D eigenvalue weighted by Gasteiger charge is 2.44. The molecule has 4 nitrogen and oxygen atoms in total. The second-order valence-corrected chi connectivity index (χ2v) is 4.12. The first kappa shape index (κ1) is 14.7. The second kappa shape index (κ2) is 5.17. The van der Waals surface area contributed by atoms with Crippen molar-refractivity contribution in [1.82, 2.24) is 0 Å². The van der Waals surface area contributed by atoms with Crippen LogP contribution in [0.15, 0.2) is 24.3 Å². The number of rotatable bonds is 0. The number of aryl methyl sites for hydroxylation is 1. The van der Waals surface area contributed by atoms with E-state index in [4.69, 9.17) is 18.1 Å². The first-order valence-corrected chi connectivity index (χ1v) is 5.28. The van der Waals surface area contributed by atoms with E-state index in [2.05, 4.69) is 0 Å². The highest BCUT2D eigenvalue weighted by molar-refractivity contribution is 7.86. The van der Waals surface area contributed by atoms with E-state index in [1.165, 1.54) is 0 Å². The van der Waals surface area contributed by atoms with Crippen molar-refractivity contribution in [3.8, 4) is 5.75 Å².